The first-order valence-corrected chi connectivity index (χ1v) is 7.79. The monoisotopic (exact) mass is 390 g/mol. The number of hydrogen-bond donors (Lipinski definition) is 0. The van der Waals surface area contributed by atoms with Gasteiger partial charge in [0.15, 0.2) is 0 Å². The molecule has 3 aromatic rings. The summed E-state index contributed by atoms with van der Waals surface area (Å²) in [6, 6.07) is 14.5. The molecule has 0 atom stereocenters. The predicted molar refractivity (Wildman–Crippen MR) is 89.1 cm³/mol. The first kappa shape index (κ1) is 13.6. The standard InChI is InChI=1S/C16H12Br2N2/c1-11-2-7-14(10-15(11)18)20-9-8-19-16(20)12-3-5-13(17)6-4-12/h2-10H,1H3. The molecule has 0 amide bonds. The highest BCUT2D eigenvalue weighted by Gasteiger charge is 2.08. The van der Waals surface area contributed by atoms with E-state index in [1.54, 1.807) is 0 Å². The molecule has 100 valence electrons. The van der Waals surface area contributed by atoms with Gasteiger partial charge in [0.2, 0.25) is 0 Å². The summed E-state index contributed by atoms with van der Waals surface area (Å²) in [7, 11) is 0. The van der Waals surface area contributed by atoms with Crippen LogP contribution in [0.25, 0.3) is 17.1 Å². The number of halogens is 2. The molecule has 0 bridgehead atoms. The molecule has 0 saturated carbocycles. The molecule has 0 unspecified atom stereocenters. The van der Waals surface area contributed by atoms with Crippen molar-refractivity contribution in [1.82, 2.24) is 9.55 Å². The van der Waals surface area contributed by atoms with E-state index in [9.17, 15) is 0 Å². The van der Waals surface area contributed by atoms with Crippen LogP contribution in [0.5, 0.6) is 0 Å². The van der Waals surface area contributed by atoms with Crippen LogP contribution in [0.4, 0.5) is 0 Å². The molecule has 0 aliphatic heterocycles. The lowest BCUT2D eigenvalue weighted by molar-refractivity contribution is 1.06. The van der Waals surface area contributed by atoms with Crippen molar-refractivity contribution in [2.24, 2.45) is 0 Å². The molecule has 0 fully saturated rings. The fourth-order valence-corrected chi connectivity index (χ4v) is 2.69. The molecule has 20 heavy (non-hydrogen) atoms. The highest BCUT2D eigenvalue weighted by atomic mass is 79.9. The Kier molecular flexibility index (Phi) is 3.76. The van der Waals surface area contributed by atoms with E-state index in [2.05, 4.69) is 78.7 Å². The molecule has 1 heterocycles. The van der Waals surface area contributed by atoms with E-state index in [1.807, 2.05) is 24.5 Å². The number of imidazole rings is 1. The molecule has 0 aliphatic carbocycles. The van der Waals surface area contributed by atoms with Gasteiger partial charge in [-0.05, 0) is 36.8 Å². The lowest BCUT2D eigenvalue weighted by Crippen LogP contribution is -1.96. The van der Waals surface area contributed by atoms with E-state index in [1.165, 1.54) is 5.56 Å². The molecular weight excluding hydrogens is 380 g/mol. The third-order valence-electron chi connectivity index (χ3n) is 3.18. The van der Waals surface area contributed by atoms with Gasteiger partial charge in [0.1, 0.15) is 5.82 Å². The summed E-state index contributed by atoms with van der Waals surface area (Å²) < 4.78 is 4.26. The third kappa shape index (κ3) is 2.58. The first-order chi connectivity index (χ1) is 9.65. The quantitative estimate of drug-likeness (QED) is 0.573. The van der Waals surface area contributed by atoms with Gasteiger partial charge in [0, 0.05) is 32.6 Å². The Morgan fingerprint density at radius 2 is 1.75 bits per heavy atom. The number of nitrogens with zero attached hydrogens (tertiary/aromatic N) is 2. The SMILES string of the molecule is Cc1ccc(-n2ccnc2-c2ccc(Br)cc2)cc1Br. The summed E-state index contributed by atoms with van der Waals surface area (Å²) in [4.78, 5) is 4.48. The van der Waals surface area contributed by atoms with Gasteiger partial charge in [-0.1, -0.05) is 50.1 Å². The van der Waals surface area contributed by atoms with Gasteiger partial charge in [-0.3, -0.25) is 4.57 Å². The summed E-state index contributed by atoms with van der Waals surface area (Å²) in [5.74, 6) is 0.938. The molecule has 0 saturated heterocycles. The molecule has 0 radical (unpaired) electrons. The summed E-state index contributed by atoms with van der Waals surface area (Å²) in [5, 5.41) is 0. The second-order valence-electron chi connectivity index (χ2n) is 4.56. The Bertz CT molecular complexity index is 745. The minimum atomic E-state index is 0.938. The molecule has 0 N–H and O–H groups in total. The zero-order chi connectivity index (χ0) is 14.1. The van der Waals surface area contributed by atoms with E-state index in [0.29, 0.717) is 0 Å². The molecule has 3 rings (SSSR count). The number of hydrogen-bond acceptors (Lipinski definition) is 1. The summed E-state index contributed by atoms with van der Waals surface area (Å²) in [6.07, 6.45) is 3.81. The van der Waals surface area contributed by atoms with Gasteiger partial charge in [-0.15, -0.1) is 0 Å². The summed E-state index contributed by atoms with van der Waals surface area (Å²) >= 11 is 7.04. The van der Waals surface area contributed by atoms with Crippen molar-refractivity contribution in [3.05, 3.63) is 69.4 Å². The van der Waals surface area contributed by atoms with Gasteiger partial charge < -0.3 is 0 Å². The maximum Gasteiger partial charge on any atom is 0.144 e. The van der Waals surface area contributed by atoms with Crippen LogP contribution in [0.1, 0.15) is 5.56 Å². The molecule has 4 heteroatoms. The second kappa shape index (κ2) is 5.54. The van der Waals surface area contributed by atoms with Crippen LogP contribution in [0.2, 0.25) is 0 Å². The molecule has 2 nitrogen and oxygen atoms in total. The van der Waals surface area contributed by atoms with Crippen molar-refractivity contribution in [3.8, 4) is 17.1 Å². The molecule has 2 aromatic carbocycles. The van der Waals surface area contributed by atoms with Crippen LogP contribution in [-0.2, 0) is 0 Å². The topological polar surface area (TPSA) is 17.8 Å². The minimum Gasteiger partial charge on any atom is -0.300 e. The van der Waals surface area contributed by atoms with Crippen LogP contribution in [0, 0.1) is 6.92 Å². The Morgan fingerprint density at radius 3 is 2.45 bits per heavy atom. The Balaban J connectivity index is 2.10. The fraction of sp³-hybridized carbons (Fsp3) is 0.0625. The first-order valence-electron chi connectivity index (χ1n) is 6.21. The fourth-order valence-electron chi connectivity index (χ4n) is 2.06. The van der Waals surface area contributed by atoms with Crippen molar-refractivity contribution in [2.45, 2.75) is 6.92 Å². The number of aryl methyl sites for hydroxylation is 1. The van der Waals surface area contributed by atoms with Gasteiger partial charge in [0.25, 0.3) is 0 Å². The van der Waals surface area contributed by atoms with Crippen LogP contribution in [0.3, 0.4) is 0 Å². The van der Waals surface area contributed by atoms with E-state index in [0.717, 1.165) is 26.0 Å². The molecule has 0 aliphatic rings. The second-order valence-corrected chi connectivity index (χ2v) is 6.33. The van der Waals surface area contributed by atoms with E-state index >= 15 is 0 Å². The number of benzene rings is 2. The molecular formula is C16H12Br2N2. The van der Waals surface area contributed by atoms with Gasteiger partial charge in [-0.2, -0.15) is 0 Å². The molecule has 1 aromatic heterocycles. The lowest BCUT2D eigenvalue weighted by atomic mass is 10.2. The largest absolute Gasteiger partial charge is 0.300 e. The maximum absolute atomic E-state index is 4.48. The minimum absolute atomic E-state index is 0.938. The van der Waals surface area contributed by atoms with Gasteiger partial charge in [0.05, 0.1) is 0 Å². The number of rotatable bonds is 2. The average Bonchev–Trinajstić information content (AvgIpc) is 2.92. The Hall–Kier alpha value is -1.39. The Labute approximate surface area is 134 Å². The summed E-state index contributed by atoms with van der Waals surface area (Å²) in [5.41, 5.74) is 3.41. The average molecular weight is 392 g/mol. The highest BCUT2D eigenvalue weighted by Crippen LogP contribution is 2.26. The van der Waals surface area contributed by atoms with Gasteiger partial charge in [-0.25, -0.2) is 4.98 Å². The maximum atomic E-state index is 4.48. The van der Waals surface area contributed by atoms with Crippen molar-refractivity contribution in [3.63, 3.8) is 0 Å². The van der Waals surface area contributed by atoms with Crippen LogP contribution >= 0.6 is 31.9 Å². The van der Waals surface area contributed by atoms with Crippen molar-refractivity contribution in [1.29, 1.82) is 0 Å². The van der Waals surface area contributed by atoms with Crippen molar-refractivity contribution >= 4 is 31.9 Å². The van der Waals surface area contributed by atoms with E-state index in [4.69, 9.17) is 0 Å². The highest BCUT2D eigenvalue weighted by molar-refractivity contribution is 9.10. The zero-order valence-electron chi connectivity index (χ0n) is 10.8. The van der Waals surface area contributed by atoms with Crippen molar-refractivity contribution in [2.75, 3.05) is 0 Å². The van der Waals surface area contributed by atoms with Crippen molar-refractivity contribution < 1.29 is 0 Å². The smallest absolute Gasteiger partial charge is 0.144 e. The molecule has 0 spiro atoms. The van der Waals surface area contributed by atoms with Crippen LogP contribution < -0.4 is 0 Å². The number of aromatic nitrogens is 2. The van der Waals surface area contributed by atoms with Gasteiger partial charge >= 0.3 is 0 Å². The lowest BCUT2D eigenvalue weighted by Gasteiger charge is -2.09. The van der Waals surface area contributed by atoms with E-state index < -0.39 is 0 Å². The normalized spacial score (nSPS) is 10.8. The van der Waals surface area contributed by atoms with E-state index in [-0.39, 0.29) is 0 Å². The summed E-state index contributed by atoms with van der Waals surface area (Å²) in [6.45, 7) is 2.08. The van der Waals surface area contributed by atoms with Crippen LogP contribution in [0.15, 0.2) is 63.8 Å². The van der Waals surface area contributed by atoms with Crippen LogP contribution in [-0.4, -0.2) is 9.55 Å². The zero-order valence-corrected chi connectivity index (χ0v) is 14.0. The third-order valence-corrected chi connectivity index (χ3v) is 4.56. The predicted octanol–water partition coefficient (Wildman–Crippen LogP) is 5.37. The Morgan fingerprint density at radius 1 is 1.00 bits per heavy atom.